The first-order valence-corrected chi connectivity index (χ1v) is 7.44. The summed E-state index contributed by atoms with van der Waals surface area (Å²) in [7, 11) is 0. The highest BCUT2D eigenvalue weighted by Gasteiger charge is 2.11. The van der Waals surface area contributed by atoms with Gasteiger partial charge in [-0.1, -0.05) is 48.5 Å². The second-order valence-corrected chi connectivity index (χ2v) is 5.45. The molecular weight excluding hydrogens is 286 g/mol. The largest absolute Gasteiger partial charge is 0.420 e. The molecule has 0 saturated heterocycles. The van der Waals surface area contributed by atoms with E-state index in [1.54, 1.807) is 0 Å². The van der Waals surface area contributed by atoms with Crippen LogP contribution in [0.5, 0.6) is 0 Å². The molecular formula is C19H15N3O. The van der Waals surface area contributed by atoms with E-state index in [4.69, 9.17) is 10.2 Å². The summed E-state index contributed by atoms with van der Waals surface area (Å²) < 4.78 is 5.86. The van der Waals surface area contributed by atoms with E-state index in [2.05, 4.69) is 28.4 Å². The van der Waals surface area contributed by atoms with Crippen molar-refractivity contribution in [3.8, 4) is 11.5 Å². The summed E-state index contributed by atoms with van der Waals surface area (Å²) in [4.78, 5) is 0. The summed E-state index contributed by atoms with van der Waals surface area (Å²) in [6.07, 6.45) is 0.595. The zero-order valence-electron chi connectivity index (χ0n) is 12.4. The molecule has 4 rings (SSSR count). The molecule has 3 aromatic carbocycles. The van der Waals surface area contributed by atoms with Gasteiger partial charge in [-0.2, -0.15) is 0 Å². The minimum atomic E-state index is 0.548. The number of benzene rings is 3. The minimum absolute atomic E-state index is 0.548. The summed E-state index contributed by atoms with van der Waals surface area (Å²) >= 11 is 0. The molecule has 0 aliphatic carbocycles. The van der Waals surface area contributed by atoms with E-state index < -0.39 is 0 Å². The van der Waals surface area contributed by atoms with Crippen LogP contribution < -0.4 is 5.73 Å². The first-order valence-electron chi connectivity index (χ1n) is 7.44. The summed E-state index contributed by atoms with van der Waals surface area (Å²) in [6.45, 7) is 0. The summed E-state index contributed by atoms with van der Waals surface area (Å²) in [5, 5.41) is 10.6. The zero-order chi connectivity index (χ0) is 15.6. The fraction of sp³-hybridized carbons (Fsp3) is 0.0526. The Hall–Kier alpha value is -3.14. The van der Waals surface area contributed by atoms with Gasteiger partial charge in [-0.25, -0.2) is 0 Å². The summed E-state index contributed by atoms with van der Waals surface area (Å²) in [5.74, 6) is 1.14. The van der Waals surface area contributed by atoms with E-state index in [9.17, 15) is 0 Å². The van der Waals surface area contributed by atoms with Crippen LogP contribution in [0.15, 0.2) is 71.1 Å². The molecule has 0 radical (unpaired) electrons. The molecule has 0 bridgehead atoms. The molecule has 0 fully saturated rings. The van der Waals surface area contributed by atoms with Crippen molar-refractivity contribution in [2.75, 3.05) is 5.73 Å². The summed E-state index contributed by atoms with van der Waals surface area (Å²) in [6, 6.07) is 21.9. The number of hydrogen-bond acceptors (Lipinski definition) is 4. The lowest BCUT2D eigenvalue weighted by Crippen LogP contribution is -1.90. The highest BCUT2D eigenvalue weighted by atomic mass is 16.4. The van der Waals surface area contributed by atoms with Crippen molar-refractivity contribution in [1.29, 1.82) is 0 Å². The van der Waals surface area contributed by atoms with Crippen LogP contribution >= 0.6 is 0 Å². The third-order valence-electron chi connectivity index (χ3n) is 3.82. The maximum absolute atomic E-state index is 5.86. The zero-order valence-corrected chi connectivity index (χ0v) is 12.4. The van der Waals surface area contributed by atoms with Crippen molar-refractivity contribution in [3.05, 3.63) is 78.2 Å². The molecule has 1 aromatic heterocycles. The first-order chi connectivity index (χ1) is 11.3. The number of rotatable bonds is 3. The van der Waals surface area contributed by atoms with Gasteiger partial charge in [-0.15, -0.1) is 10.2 Å². The van der Waals surface area contributed by atoms with E-state index in [0.29, 0.717) is 18.2 Å². The highest BCUT2D eigenvalue weighted by molar-refractivity contribution is 5.94. The third kappa shape index (κ3) is 2.66. The Labute approximate surface area is 133 Å². The topological polar surface area (TPSA) is 64.9 Å². The lowest BCUT2D eigenvalue weighted by Gasteiger charge is -2.02. The van der Waals surface area contributed by atoms with Gasteiger partial charge in [0.25, 0.3) is 0 Å². The van der Waals surface area contributed by atoms with Crippen molar-refractivity contribution in [1.82, 2.24) is 10.2 Å². The molecule has 23 heavy (non-hydrogen) atoms. The van der Waals surface area contributed by atoms with Gasteiger partial charge in [0, 0.05) is 11.3 Å². The van der Waals surface area contributed by atoms with Crippen molar-refractivity contribution in [2.24, 2.45) is 0 Å². The molecule has 112 valence electrons. The van der Waals surface area contributed by atoms with E-state index >= 15 is 0 Å². The van der Waals surface area contributed by atoms with Crippen LogP contribution in [0.25, 0.3) is 22.2 Å². The fourth-order valence-corrected chi connectivity index (χ4v) is 2.66. The number of nitrogens with zero attached hydrogens (tertiary/aromatic N) is 2. The smallest absolute Gasteiger partial charge is 0.248 e. The van der Waals surface area contributed by atoms with Gasteiger partial charge in [0.05, 0.1) is 6.42 Å². The fourth-order valence-electron chi connectivity index (χ4n) is 2.66. The highest BCUT2D eigenvalue weighted by Crippen LogP contribution is 2.27. The van der Waals surface area contributed by atoms with Crippen LogP contribution in [0.3, 0.4) is 0 Å². The lowest BCUT2D eigenvalue weighted by molar-refractivity contribution is 0.518. The molecule has 0 atom stereocenters. The van der Waals surface area contributed by atoms with E-state index in [1.165, 1.54) is 0 Å². The van der Waals surface area contributed by atoms with Gasteiger partial charge in [-0.05, 0) is 34.5 Å². The van der Waals surface area contributed by atoms with Gasteiger partial charge < -0.3 is 10.2 Å². The number of aromatic nitrogens is 2. The predicted molar refractivity (Wildman–Crippen MR) is 90.9 cm³/mol. The second kappa shape index (κ2) is 5.57. The lowest BCUT2D eigenvalue weighted by atomic mass is 10.0. The number of fused-ring (bicyclic) bond motifs is 1. The molecule has 0 aliphatic rings. The Balaban J connectivity index is 1.68. The Bertz CT molecular complexity index is 952. The van der Waals surface area contributed by atoms with Gasteiger partial charge in [0.2, 0.25) is 11.8 Å². The number of nitrogen functional groups attached to an aromatic ring is 1. The van der Waals surface area contributed by atoms with Gasteiger partial charge in [0.1, 0.15) is 0 Å². The Morgan fingerprint density at radius 1 is 0.826 bits per heavy atom. The van der Waals surface area contributed by atoms with Gasteiger partial charge in [0.15, 0.2) is 0 Å². The van der Waals surface area contributed by atoms with Crippen molar-refractivity contribution in [2.45, 2.75) is 6.42 Å². The summed E-state index contributed by atoms with van der Waals surface area (Å²) in [5.41, 5.74) is 8.50. The second-order valence-electron chi connectivity index (χ2n) is 5.45. The quantitative estimate of drug-likeness (QED) is 0.579. The molecule has 2 N–H and O–H groups in total. The van der Waals surface area contributed by atoms with Crippen LogP contribution in [-0.4, -0.2) is 10.2 Å². The van der Waals surface area contributed by atoms with E-state index in [-0.39, 0.29) is 0 Å². The Kier molecular flexibility index (Phi) is 3.27. The molecule has 0 aliphatic heterocycles. The van der Waals surface area contributed by atoms with Crippen molar-refractivity contribution in [3.63, 3.8) is 0 Å². The maximum atomic E-state index is 5.86. The number of anilines is 1. The maximum Gasteiger partial charge on any atom is 0.248 e. The molecule has 0 saturated carbocycles. The minimum Gasteiger partial charge on any atom is -0.420 e. The van der Waals surface area contributed by atoms with Crippen LogP contribution in [0.4, 0.5) is 5.69 Å². The number of nitrogens with two attached hydrogens (primary N) is 1. The van der Waals surface area contributed by atoms with E-state index in [0.717, 1.165) is 27.6 Å². The molecule has 4 nitrogen and oxygen atoms in total. The predicted octanol–water partition coefficient (Wildman–Crippen LogP) is 4.06. The SMILES string of the molecule is Nc1ccc(Cc2nnc(-c3cccc4ccccc34)o2)cc1. The standard InChI is InChI=1S/C19H15N3O/c20-15-10-8-13(9-11-15)12-18-21-22-19(23-18)17-7-3-5-14-4-1-2-6-16(14)17/h1-11H,12,20H2. The Morgan fingerprint density at radius 3 is 2.48 bits per heavy atom. The number of hydrogen-bond donors (Lipinski definition) is 1. The first kappa shape index (κ1) is 13.5. The molecule has 0 spiro atoms. The molecule has 0 amide bonds. The van der Waals surface area contributed by atoms with Crippen molar-refractivity contribution >= 4 is 16.5 Å². The Morgan fingerprint density at radius 2 is 1.61 bits per heavy atom. The van der Waals surface area contributed by atoms with Crippen LogP contribution in [0.1, 0.15) is 11.5 Å². The normalized spacial score (nSPS) is 11.0. The molecule has 0 unspecified atom stereocenters. The average Bonchev–Trinajstić information content (AvgIpc) is 3.05. The van der Waals surface area contributed by atoms with Gasteiger partial charge >= 0.3 is 0 Å². The van der Waals surface area contributed by atoms with Crippen molar-refractivity contribution < 1.29 is 4.42 Å². The monoisotopic (exact) mass is 301 g/mol. The molecule has 4 aromatic rings. The van der Waals surface area contributed by atoms with Crippen LogP contribution in [-0.2, 0) is 6.42 Å². The van der Waals surface area contributed by atoms with E-state index in [1.807, 2.05) is 48.5 Å². The average molecular weight is 301 g/mol. The van der Waals surface area contributed by atoms with Crippen LogP contribution in [0.2, 0.25) is 0 Å². The van der Waals surface area contributed by atoms with Gasteiger partial charge in [-0.3, -0.25) is 0 Å². The third-order valence-corrected chi connectivity index (χ3v) is 3.82. The van der Waals surface area contributed by atoms with Crippen LogP contribution in [0, 0.1) is 0 Å². The molecule has 4 heteroatoms. The molecule has 1 heterocycles.